The maximum atomic E-state index is 13.0. The molecule has 0 saturated carbocycles. The van der Waals surface area contributed by atoms with Crippen molar-refractivity contribution < 1.29 is 9.13 Å². The van der Waals surface area contributed by atoms with Gasteiger partial charge in [0.2, 0.25) is 0 Å². The van der Waals surface area contributed by atoms with Gasteiger partial charge in [-0.25, -0.2) is 4.39 Å². The summed E-state index contributed by atoms with van der Waals surface area (Å²) in [6.45, 7) is 7.90. The summed E-state index contributed by atoms with van der Waals surface area (Å²) in [4.78, 5) is 0. The van der Waals surface area contributed by atoms with E-state index in [9.17, 15) is 4.39 Å². The van der Waals surface area contributed by atoms with Gasteiger partial charge in [0.15, 0.2) is 0 Å². The third-order valence-electron chi connectivity index (χ3n) is 2.52. The minimum Gasteiger partial charge on any atom is -0.489 e. The van der Waals surface area contributed by atoms with Crippen LogP contribution in [0.2, 0.25) is 5.02 Å². The van der Waals surface area contributed by atoms with Gasteiger partial charge in [0.25, 0.3) is 0 Å². The normalized spacial score (nSPS) is 12.8. The molecule has 0 aliphatic rings. The Balaban J connectivity index is 2.68. The van der Waals surface area contributed by atoms with Crippen LogP contribution in [-0.4, -0.2) is 19.2 Å². The zero-order chi connectivity index (χ0) is 12.8. The molecule has 0 aliphatic carbocycles. The summed E-state index contributed by atoms with van der Waals surface area (Å²) < 4.78 is 18.8. The summed E-state index contributed by atoms with van der Waals surface area (Å²) in [7, 11) is 0. The molecule has 4 heteroatoms. The van der Waals surface area contributed by atoms with Crippen molar-refractivity contribution in [3.63, 3.8) is 0 Å². The van der Waals surface area contributed by atoms with E-state index in [0.717, 1.165) is 13.1 Å². The molecule has 0 spiro atoms. The first-order valence-corrected chi connectivity index (χ1v) is 6.24. The van der Waals surface area contributed by atoms with Crippen LogP contribution in [0.3, 0.4) is 0 Å². The molecule has 0 aromatic heterocycles. The third kappa shape index (κ3) is 4.52. The lowest BCUT2D eigenvalue weighted by Gasteiger charge is -2.23. The second kappa shape index (κ2) is 6.82. The quantitative estimate of drug-likeness (QED) is 0.844. The van der Waals surface area contributed by atoms with E-state index >= 15 is 0 Å². The number of rotatable bonds is 6. The van der Waals surface area contributed by atoms with Crippen LogP contribution >= 0.6 is 11.6 Å². The van der Waals surface area contributed by atoms with E-state index < -0.39 is 5.82 Å². The monoisotopic (exact) mass is 259 g/mol. The molecule has 1 aromatic rings. The van der Waals surface area contributed by atoms with Gasteiger partial charge in [-0.1, -0.05) is 32.4 Å². The number of benzene rings is 1. The molecule has 1 unspecified atom stereocenters. The lowest BCUT2D eigenvalue weighted by Crippen LogP contribution is -2.35. The molecule has 96 valence electrons. The SMILES string of the molecule is CCNCC(Oc1ccc(F)c(Cl)c1)C(C)C. The predicted octanol–water partition coefficient (Wildman–Crippen LogP) is 3.49. The Kier molecular flexibility index (Phi) is 5.72. The largest absolute Gasteiger partial charge is 0.489 e. The summed E-state index contributed by atoms with van der Waals surface area (Å²) in [6.07, 6.45) is 0.0523. The molecule has 2 nitrogen and oxygen atoms in total. The summed E-state index contributed by atoms with van der Waals surface area (Å²) >= 11 is 5.71. The number of halogens is 2. The van der Waals surface area contributed by atoms with Crippen LogP contribution in [0, 0.1) is 11.7 Å². The van der Waals surface area contributed by atoms with Crippen LogP contribution in [0.5, 0.6) is 5.75 Å². The van der Waals surface area contributed by atoms with E-state index in [1.54, 1.807) is 6.07 Å². The zero-order valence-electron chi connectivity index (χ0n) is 10.5. The highest BCUT2D eigenvalue weighted by Crippen LogP contribution is 2.23. The van der Waals surface area contributed by atoms with Crippen LogP contribution in [0.15, 0.2) is 18.2 Å². The van der Waals surface area contributed by atoms with Gasteiger partial charge in [-0.15, -0.1) is 0 Å². The molecule has 1 aromatic carbocycles. The molecule has 1 atom stereocenters. The van der Waals surface area contributed by atoms with Gasteiger partial charge in [-0.3, -0.25) is 0 Å². The van der Waals surface area contributed by atoms with Gasteiger partial charge >= 0.3 is 0 Å². The first kappa shape index (κ1) is 14.3. The number of hydrogen-bond acceptors (Lipinski definition) is 2. The number of likely N-dealkylation sites (N-methyl/N-ethyl adjacent to an activating group) is 1. The van der Waals surface area contributed by atoms with Crippen molar-refractivity contribution in [1.82, 2.24) is 5.32 Å². The fraction of sp³-hybridized carbons (Fsp3) is 0.538. The zero-order valence-corrected chi connectivity index (χ0v) is 11.2. The topological polar surface area (TPSA) is 21.3 Å². The van der Waals surface area contributed by atoms with Crippen molar-refractivity contribution in [3.8, 4) is 5.75 Å². The fourth-order valence-electron chi connectivity index (χ4n) is 1.43. The minimum absolute atomic E-state index is 0.0523. The van der Waals surface area contributed by atoms with E-state index in [1.807, 2.05) is 6.92 Å². The number of ether oxygens (including phenoxy) is 1. The molecule has 0 radical (unpaired) electrons. The fourth-order valence-corrected chi connectivity index (χ4v) is 1.60. The maximum Gasteiger partial charge on any atom is 0.142 e. The number of hydrogen-bond donors (Lipinski definition) is 1. The predicted molar refractivity (Wildman–Crippen MR) is 69.2 cm³/mol. The number of nitrogens with one attached hydrogen (secondary N) is 1. The maximum absolute atomic E-state index is 13.0. The van der Waals surface area contributed by atoms with E-state index in [1.165, 1.54) is 12.1 Å². The van der Waals surface area contributed by atoms with Gasteiger partial charge in [0, 0.05) is 12.6 Å². The van der Waals surface area contributed by atoms with E-state index in [-0.39, 0.29) is 11.1 Å². The molecular formula is C13H19ClFNO. The molecule has 0 aliphatic heterocycles. The van der Waals surface area contributed by atoms with Gasteiger partial charge in [-0.05, 0) is 24.6 Å². The molecule has 0 heterocycles. The van der Waals surface area contributed by atoms with Gasteiger partial charge in [0.1, 0.15) is 17.7 Å². The Morgan fingerprint density at radius 3 is 2.65 bits per heavy atom. The van der Waals surface area contributed by atoms with Crippen LogP contribution in [0.25, 0.3) is 0 Å². The summed E-state index contributed by atoms with van der Waals surface area (Å²) in [6, 6.07) is 4.43. The lowest BCUT2D eigenvalue weighted by atomic mass is 10.1. The third-order valence-corrected chi connectivity index (χ3v) is 2.81. The smallest absolute Gasteiger partial charge is 0.142 e. The highest BCUT2D eigenvalue weighted by Gasteiger charge is 2.15. The minimum atomic E-state index is -0.424. The lowest BCUT2D eigenvalue weighted by molar-refractivity contribution is 0.149. The summed E-state index contributed by atoms with van der Waals surface area (Å²) in [5.41, 5.74) is 0. The standard InChI is InChI=1S/C13H19ClFNO/c1-4-16-8-13(9(2)3)17-10-5-6-12(15)11(14)7-10/h5-7,9,13,16H,4,8H2,1-3H3. The van der Waals surface area contributed by atoms with Crippen LogP contribution in [-0.2, 0) is 0 Å². The summed E-state index contributed by atoms with van der Waals surface area (Å²) in [5.74, 6) is 0.553. The van der Waals surface area contributed by atoms with Crippen molar-refractivity contribution in [3.05, 3.63) is 29.0 Å². The van der Waals surface area contributed by atoms with Crippen molar-refractivity contribution >= 4 is 11.6 Å². The van der Waals surface area contributed by atoms with Crippen LogP contribution < -0.4 is 10.1 Å². The van der Waals surface area contributed by atoms with Crippen molar-refractivity contribution in [2.75, 3.05) is 13.1 Å². The first-order valence-electron chi connectivity index (χ1n) is 5.87. The molecule has 1 N–H and O–H groups in total. The van der Waals surface area contributed by atoms with Crippen molar-refractivity contribution in [1.29, 1.82) is 0 Å². The molecule has 0 amide bonds. The molecular weight excluding hydrogens is 241 g/mol. The highest BCUT2D eigenvalue weighted by atomic mass is 35.5. The molecule has 0 bridgehead atoms. The second-order valence-electron chi connectivity index (χ2n) is 4.28. The van der Waals surface area contributed by atoms with Crippen molar-refractivity contribution in [2.24, 2.45) is 5.92 Å². The van der Waals surface area contributed by atoms with Gasteiger partial charge < -0.3 is 10.1 Å². The van der Waals surface area contributed by atoms with Gasteiger partial charge in [-0.2, -0.15) is 0 Å². The Labute approximate surface area is 107 Å². The Morgan fingerprint density at radius 2 is 2.12 bits per heavy atom. The van der Waals surface area contributed by atoms with Crippen LogP contribution in [0.4, 0.5) is 4.39 Å². The average molecular weight is 260 g/mol. The molecule has 0 fully saturated rings. The molecule has 0 saturated heterocycles. The second-order valence-corrected chi connectivity index (χ2v) is 4.69. The van der Waals surface area contributed by atoms with E-state index in [0.29, 0.717) is 11.7 Å². The van der Waals surface area contributed by atoms with Gasteiger partial charge in [0.05, 0.1) is 5.02 Å². The Bertz CT molecular complexity index is 357. The molecule has 17 heavy (non-hydrogen) atoms. The van der Waals surface area contributed by atoms with E-state index in [2.05, 4.69) is 19.2 Å². The Hall–Kier alpha value is -0.800. The highest BCUT2D eigenvalue weighted by molar-refractivity contribution is 6.30. The average Bonchev–Trinajstić information content (AvgIpc) is 2.28. The van der Waals surface area contributed by atoms with Crippen LogP contribution in [0.1, 0.15) is 20.8 Å². The first-order chi connectivity index (χ1) is 8.04. The summed E-state index contributed by atoms with van der Waals surface area (Å²) in [5, 5.41) is 3.34. The Morgan fingerprint density at radius 1 is 1.41 bits per heavy atom. The van der Waals surface area contributed by atoms with Crippen molar-refractivity contribution in [2.45, 2.75) is 26.9 Å². The molecule has 1 rings (SSSR count). The van der Waals surface area contributed by atoms with E-state index in [4.69, 9.17) is 16.3 Å².